The molecular weight excluding hydrogens is 276 g/mol. The Morgan fingerprint density at radius 3 is 2.68 bits per heavy atom. The first-order valence-electron chi connectivity index (χ1n) is 7.73. The number of carbonyl (C=O) groups is 1. The molecule has 0 aliphatic heterocycles. The van der Waals surface area contributed by atoms with Crippen LogP contribution < -0.4 is 10.6 Å². The highest BCUT2D eigenvalue weighted by atomic mass is 16.2. The fourth-order valence-electron chi connectivity index (χ4n) is 1.79. The largest absolute Gasteiger partial charge is 0.354 e. The molecule has 0 aromatic heterocycles. The summed E-state index contributed by atoms with van der Waals surface area (Å²) in [6.45, 7) is 7.10. The lowest BCUT2D eigenvalue weighted by atomic mass is 10.1. The maximum Gasteiger partial charge on any atom is 0.241 e. The van der Waals surface area contributed by atoms with Gasteiger partial charge in [0.15, 0.2) is 5.96 Å². The molecule has 0 aliphatic rings. The van der Waals surface area contributed by atoms with Gasteiger partial charge in [0.2, 0.25) is 5.91 Å². The molecule has 0 heterocycles. The highest BCUT2D eigenvalue weighted by molar-refractivity contribution is 5.86. The first kappa shape index (κ1) is 18.0. The van der Waals surface area contributed by atoms with Gasteiger partial charge >= 0.3 is 0 Å². The molecule has 2 N–H and O–H groups in total. The predicted molar refractivity (Wildman–Crippen MR) is 91.9 cm³/mol. The molecule has 0 aliphatic carbocycles. The van der Waals surface area contributed by atoms with Crippen LogP contribution in [-0.2, 0) is 11.3 Å². The summed E-state index contributed by atoms with van der Waals surface area (Å²) in [6.07, 6.45) is 0.993. The fraction of sp³-hybridized carbons (Fsp3) is 0.529. The van der Waals surface area contributed by atoms with Crippen molar-refractivity contribution in [3.8, 4) is 0 Å². The van der Waals surface area contributed by atoms with Gasteiger partial charge in [0.1, 0.15) is 0 Å². The quantitative estimate of drug-likeness (QED) is 0.623. The number of aryl methyl sites for hydroxylation is 1. The van der Waals surface area contributed by atoms with Gasteiger partial charge in [-0.05, 0) is 25.8 Å². The van der Waals surface area contributed by atoms with E-state index in [-0.39, 0.29) is 12.5 Å². The normalized spacial score (nSPS) is 12.7. The number of benzene rings is 1. The van der Waals surface area contributed by atoms with E-state index in [4.69, 9.17) is 0 Å². The summed E-state index contributed by atoms with van der Waals surface area (Å²) in [7, 11) is 3.49. The smallest absolute Gasteiger partial charge is 0.241 e. The van der Waals surface area contributed by atoms with Gasteiger partial charge in [-0.2, -0.15) is 0 Å². The van der Waals surface area contributed by atoms with E-state index in [0.29, 0.717) is 18.5 Å². The van der Waals surface area contributed by atoms with E-state index in [0.717, 1.165) is 12.0 Å². The van der Waals surface area contributed by atoms with Crippen LogP contribution in [0, 0.1) is 6.92 Å². The molecule has 1 aromatic carbocycles. The van der Waals surface area contributed by atoms with Gasteiger partial charge in [-0.15, -0.1) is 0 Å². The molecule has 1 aromatic rings. The Labute approximate surface area is 133 Å². The zero-order chi connectivity index (χ0) is 16.5. The average molecular weight is 304 g/mol. The summed E-state index contributed by atoms with van der Waals surface area (Å²) < 4.78 is 0. The molecule has 22 heavy (non-hydrogen) atoms. The summed E-state index contributed by atoms with van der Waals surface area (Å²) in [5.74, 6) is 0.695. The van der Waals surface area contributed by atoms with Gasteiger partial charge in [0.25, 0.3) is 0 Å². The monoisotopic (exact) mass is 304 g/mol. The second-order valence-corrected chi connectivity index (χ2v) is 5.75. The molecular formula is C17H28N4O. The number of nitrogens with zero attached hydrogens (tertiary/aromatic N) is 2. The second kappa shape index (κ2) is 9.07. The molecule has 1 amide bonds. The maximum atomic E-state index is 11.7. The minimum atomic E-state index is 0.0224. The van der Waals surface area contributed by atoms with Gasteiger partial charge < -0.3 is 15.5 Å². The number of aliphatic imine (C=N–C) groups is 1. The Bertz CT molecular complexity index is 511. The molecule has 0 bridgehead atoms. The van der Waals surface area contributed by atoms with Crippen molar-refractivity contribution in [1.82, 2.24) is 15.5 Å². The number of rotatable bonds is 6. The number of guanidine groups is 1. The third-order valence-corrected chi connectivity index (χ3v) is 3.40. The van der Waals surface area contributed by atoms with E-state index in [1.54, 1.807) is 19.0 Å². The first-order valence-corrected chi connectivity index (χ1v) is 7.73. The summed E-state index contributed by atoms with van der Waals surface area (Å²) in [4.78, 5) is 17.8. The molecule has 0 saturated heterocycles. The zero-order valence-electron chi connectivity index (χ0n) is 14.3. The highest BCUT2D eigenvalue weighted by Crippen LogP contribution is 2.05. The van der Waals surface area contributed by atoms with E-state index >= 15 is 0 Å². The van der Waals surface area contributed by atoms with Gasteiger partial charge in [-0.25, -0.2) is 4.99 Å². The standard InChI is InChI=1S/C17H28N4O/c1-6-14(3)20-17(19-12-16(22)21(4)5)18-11-15-9-7-8-13(2)10-15/h7-10,14H,6,11-12H2,1-5H3,(H2,18,19,20). The Morgan fingerprint density at radius 2 is 2.09 bits per heavy atom. The molecule has 1 rings (SSSR count). The van der Waals surface area contributed by atoms with Crippen LogP contribution in [0.4, 0.5) is 0 Å². The first-order chi connectivity index (χ1) is 10.4. The van der Waals surface area contributed by atoms with Gasteiger partial charge in [-0.1, -0.05) is 36.8 Å². The average Bonchev–Trinajstić information content (AvgIpc) is 2.49. The van der Waals surface area contributed by atoms with Crippen LogP contribution in [0.15, 0.2) is 29.3 Å². The molecule has 0 radical (unpaired) electrons. The number of amides is 1. The minimum Gasteiger partial charge on any atom is -0.354 e. The molecule has 0 fully saturated rings. The number of likely N-dealkylation sites (N-methyl/N-ethyl adjacent to an activating group) is 1. The SMILES string of the molecule is CCC(C)NC(=NCc1cccc(C)c1)NCC(=O)N(C)C. The Hall–Kier alpha value is -2.04. The Balaban J connectivity index is 2.71. The molecule has 1 atom stereocenters. The summed E-state index contributed by atoms with van der Waals surface area (Å²) in [5.41, 5.74) is 2.38. The second-order valence-electron chi connectivity index (χ2n) is 5.75. The van der Waals surface area contributed by atoms with E-state index < -0.39 is 0 Å². The topological polar surface area (TPSA) is 56.7 Å². The highest BCUT2D eigenvalue weighted by Gasteiger charge is 2.07. The third-order valence-electron chi connectivity index (χ3n) is 3.40. The fourth-order valence-corrected chi connectivity index (χ4v) is 1.79. The van der Waals surface area contributed by atoms with Crippen LogP contribution >= 0.6 is 0 Å². The van der Waals surface area contributed by atoms with E-state index in [9.17, 15) is 4.79 Å². The summed E-state index contributed by atoms with van der Waals surface area (Å²) in [5, 5.41) is 6.41. The van der Waals surface area contributed by atoms with Gasteiger partial charge in [0, 0.05) is 20.1 Å². The van der Waals surface area contributed by atoms with E-state index in [2.05, 4.69) is 54.6 Å². The van der Waals surface area contributed by atoms with Crippen molar-refractivity contribution < 1.29 is 4.79 Å². The van der Waals surface area contributed by atoms with E-state index in [1.165, 1.54) is 5.56 Å². The van der Waals surface area contributed by atoms with Crippen molar-refractivity contribution in [1.29, 1.82) is 0 Å². The maximum absolute atomic E-state index is 11.7. The van der Waals surface area contributed by atoms with Crippen molar-refractivity contribution in [2.45, 2.75) is 39.8 Å². The zero-order valence-corrected chi connectivity index (χ0v) is 14.3. The van der Waals surface area contributed by atoms with Crippen LogP contribution in [0.2, 0.25) is 0 Å². The van der Waals surface area contributed by atoms with Crippen LogP contribution in [0.25, 0.3) is 0 Å². The van der Waals surface area contributed by atoms with Crippen molar-refractivity contribution in [3.05, 3.63) is 35.4 Å². The number of nitrogens with one attached hydrogen (secondary N) is 2. The van der Waals surface area contributed by atoms with E-state index in [1.807, 2.05) is 6.07 Å². The lowest BCUT2D eigenvalue weighted by Crippen LogP contribution is -2.45. The Morgan fingerprint density at radius 1 is 1.36 bits per heavy atom. The molecule has 122 valence electrons. The van der Waals surface area contributed by atoms with Crippen molar-refractivity contribution >= 4 is 11.9 Å². The predicted octanol–water partition coefficient (Wildman–Crippen LogP) is 1.92. The molecule has 1 unspecified atom stereocenters. The number of hydrogen-bond acceptors (Lipinski definition) is 2. The minimum absolute atomic E-state index is 0.0224. The lowest BCUT2D eigenvalue weighted by Gasteiger charge is -2.18. The molecule has 0 saturated carbocycles. The van der Waals surface area contributed by atoms with Gasteiger partial charge in [0.05, 0.1) is 13.1 Å². The summed E-state index contributed by atoms with van der Waals surface area (Å²) >= 11 is 0. The Kier molecular flexibility index (Phi) is 7.43. The van der Waals surface area contributed by atoms with Crippen LogP contribution in [0.5, 0.6) is 0 Å². The van der Waals surface area contributed by atoms with Crippen LogP contribution in [-0.4, -0.2) is 43.4 Å². The third kappa shape index (κ3) is 6.61. The van der Waals surface area contributed by atoms with Crippen LogP contribution in [0.1, 0.15) is 31.4 Å². The van der Waals surface area contributed by atoms with Crippen molar-refractivity contribution in [3.63, 3.8) is 0 Å². The molecule has 5 nitrogen and oxygen atoms in total. The van der Waals surface area contributed by atoms with Crippen LogP contribution in [0.3, 0.4) is 0 Å². The molecule has 0 spiro atoms. The number of carbonyl (C=O) groups excluding carboxylic acids is 1. The van der Waals surface area contributed by atoms with Crippen molar-refractivity contribution in [2.24, 2.45) is 4.99 Å². The summed E-state index contributed by atoms with van der Waals surface area (Å²) in [6, 6.07) is 8.58. The van der Waals surface area contributed by atoms with Gasteiger partial charge in [-0.3, -0.25) is 4.79 Å². The number of hydrogen-bond donors (Lipinski definition) is 2. The lowest BCUT2D eigenvalue weighted by molar-refractivity contribution is -0.127. The molecule has 5 heteroatoms. The van der Waals surface area contributed by atoms with Crippen molar-refractivity contribution in [2.75, 3.05) is 20.6 Å².